The van der Waals surface area contributed by atoms with Crippen LogP contribution >= 0.6 is 0 Å². The van der Waals surface area contributed by atoms with Gasteiger partial charge in [-0.25, -0.2) is 4.39 Å². The number of phenols is 1. The van der Waals surface area contributed by atoms with E-state index >= 15 is 0 Å². The van der Waals surface area contributed by atoms with E-state index < -0.39 is 12.3 Å². The van der Waals surface area contributed by atoms with Gasteiger partial charge in [0.25, 0.3) is 5.56 Å². The number of aromatic hydroxyl groups is 1. The summed E-state index contributed by atoms with van der Waals surface area (Å²) in [7, 11) is 1.68. The van der Waals surface area contributed by atoms with E-state index in [2.05, 4.69) is 15.5 Å². The molecule has 4 atom stereocenters. The first-order chi connectivity index (χ1) is 15.5. The summed E-state index contributed by atoms with van der Waals surface area (Å²) >= 11 is 0. The van der Waals surface area contributed by atoms with Crippen molar-refractivity contribution in [3.63, 3.8) is 0 Å². The highest BCUT2D eigenvalue weighted by Gasteiger charge is 2.41. The van der Waals surface area contributed by atoms with Gasteiger partial charge in [-0.15, -0.1) is 10.2 Å². The monoisotopic (exact) mass is 436 g/mol. The van der Waals surface area contributed by atoms with Crippen LogP contribution in [0.25, 0.3) is 22.4 Å². The van der Waals surface area contributed by atoms with Gasteiger partial charge < -0.3 is 19.7 Å². The first-order valence-corrected chi connectivity index (χ1v) is 10.9. The van der Waals surface area contributed by atoms with Crippen LogP contribution in [-0.2, 0) is 7.05 Å². The Kier molecular flexibility index (Phi) is 5.38. The van der Waals surface area contributed by atoms with Crippen molar-refractivity contribution in [1.82, 2.24) is 20.1 Å². The molecule has 2 saturated heterocycles. The van der Waals surface area contributed by atoms with E-state index in [1.807, 2.05) is 12.1 Å². The molecule has 2 fully saturated rings. The number of rotatable bonds is 4. The van der Waals surface area contributed by atoms with Crippen LogP contribution in [0.4, 0.5) is 4.39 Å². The van der Waals surface area contributed by atoms with Crippen molar-refractivity contribution in [2.45, 2.75) is 50.0 Å². The second kappa shape index (κ2) is 8.35. The number of aryl methyl sites for hydroxylation is 1. The molecular formula is C24H25FN4O3. The Bertz CT molecular complexity index is 1180. The lowest BCUT2D eigenvalue weighted by Gasteiger charge is -2.42. The zero-order valence-electron chi connectivity index (χ0n) is 17.7. The summed E-state index contributed by atoms with van der Waals surface area (Å²) < 4.78 is 22.1. The van der Waals surface area contributed by atoms with Gasteiger partial charge in [-0.1, -0.05) is 12.5 Å². The minimum atomic E-state index is -1.07. The van der Waals surface area contributed by atoms with Crippen LogP contribution in [0.15, 0.2) is 53.5 Å². The van der Waals surface area contributed by atoms with Crippen molar-refractivity contribution < 1.29 is 14.2 Å². The van der Waals surface area contributed by atoms with Gasteiger partial charge in [-0.3, -0.25) is 4.79 Å². The van der Waals surface area contributed by atoms with Gasteiger partial charge in [0, 0.05) is 49.4 Å². The highest BCUT2D eigenvalue weighted by molar-refractivity contribution is 5.74. The molecule has 3 aromatic rings. The standard InChI is InChI=1S/C24H25FN4O3/c1-29-10-9-15(12-23(29)31)14-5-6-17(20(30)11-14)18-7-8-22(28-27-18)32-21-13-16-3-2-4-19(26-16)24(21)25/h5-12,16,19,21,24,26,30H,2-4,13H2,1H3/t16-,19+,21-,24+/m0/s1. The summed E-state index contributed by atoms with van der Waals surface area (Å²) in [5.41, 5.74) is 2.31. The summed E-state index contributed by atoms with van der Waals surface area (Å²) in [5.74, 6) is 0.304. The van der Waals surface area contributed by atoms with E-state index in [0.29, 0.717) is 23.7 Å². The Hall–Kier alpha value is -3.26. The van der Waals surface area contributed by atoms with E-state index in [1.54, 1.807) is 37.5 Å². The number of phenolic OH excluding ortho intramolecular Hbond substituents is 1. The summed E-state index contributed by atoms with van der Waals surface area (Å²) in [6.45, 7) is 0. The van der Waals surface area contributed by atoms with Crippen molar-refractivity contribution in [3.05, 3.63) is 59.0 Å². The maximum Gasteiger partial charge on any atom is 0.250 e. The number of nitrogens with zero attached hydrogens (tertiary/aromatic N) is 3. The lowest BCUT2D eigenvalue weighted by molar-refractivity contribution is 0.00652. The molecule has 0 aliphatic carbocycles. The number of aromatic nitrogens is 3. The Morgan fingerprint density at radius 1 is 1.12 bits per heavy atom. The second-order valence-electron chi connectivity index (χ2n) is 8.59. The van der Waals surface area contributed by atoms with E-state index in [9.17, 15) is 14.3 Å². The first kappa shape index (κ1) is 20.6. The third kappa shape index (κ3) is 3.98. The number of ether oxygens (including phenoxy) is 1. The molecule has 0 radical (unpaired) electrons. The molecule has 0 spiro atoms. The van der Waals surface area contributed by atoms with Gasteiger partial charge in [-0.2, -0.15) is 0 Å². The number of alkyl halides is 1. The van der Waals surface area contributed by atoms with Crippen molar-refractivity contribution in [1.29, 1.82) is 0 Å². The molecule has 1 aromatic carbocycles. The van der Waals surface area contributed by atoms with Crippen molar-refractivity contribution in [2.24, 2.45) is 7.05 Å². The third-order valence-electron chi connectivity index (χ3n) is 6.40. The zero-order chi connectivity index (χ0) is 22.2. The fraction of sp³-hybridized carbons (Fsp3) is 0.375. The van der Waals surface area contributed by atoms with Crippen molar-refractivity contribution >= 4 is 0 Å². The Morgan fingerprint density at radius 2 is 1.97 bits per heavy atom. The Morgan fingerprint density at radius 3 is 2.72 bits per heavy atom. The third-order valence-corrected chi connectivity index (χ3v) is 6.40. The van der Waals surface area contributed by atoms with Crippen LogP contribution in [0.2, 0.25) is 0 Å². The Labute approximate surface area is 184 Å². The van der Waals surface area contributed by atoms with E-state index in [1.165, 1.54) is 10.6 Å². The van der Waals surface area contributed by atoms with Crippen molar-refractivity contribution in [2.75, 3.05) is 0 Å². The van der Waals surface area contributed by atoms with Gasteiger partial charge in [-0.05, 0) is 48.2 Å². The lowest BCUT2D eigenvalue weighted by Crippen LogP contribution is -2.59. The highest BCUT2D eigenvalue weighted by atomic mass is 19.1. The topological polar surface area (TPSA) is 89.3 Å². The molecule has 4 heterocycles. The minimum absolute atomic E-state index is 0.0288. The minimum Gasteiger partial charge on any atom is -0.507 e. The van der Waals surface area contributed by atoms with Gasteiger partial charge in [0.05, 0.1) is 5.69 Å². The first-order valence-electron chi connectivity index (χ1n) is 10.9. The molecule has 0 unspecified atom stereocenters. The van der Waals surface area contributed by atoms with Crippen LogP contribution in [0.3, 0.4) is 0 Å². The maximum atomic E-state index is 14.7. The van der Waals surface area contributed by atoms with Gasteiger partial charge in [0.15, 0.2) is 6.17 Å². The summed E-state index contributed by atoms with van der Waals surface area (Å²) in [5, 5.41) is 22.2. The van der Waals surface area contributed by atoms with Crippen LogP contribution in [0.5, 0.6) is 11.6 Å². The molecule has 2 aromatic heterocycles. The molecule has 0 amide bonds. The molecular weight excluding hydrogens is 411 g/mol. The molecule has 2 aliphatic heterocycles. The fourth-order valence-corrected chi connectivity index (χ4v) is 4.61. The van der Waals surface area contributed by atoms with Gasteiger partial charge in [0.2, 0.25) is 5.88 Å². The van der Waals surface area contributed by atoms with E-state index in [4.69, 9.17) is 4.74 Å². The lowest BCUT2D eigenvalue weighted by atomic mass is 9.84. The summed E-state index contributed by atoms with van der Waals surface area (Å²) in [6, 6.07) is 12.0. The number of hydrogen-bond acceptors (Lipinski definition) is 6. The van der Waals surface area contributed by atoms with E-state index in [-0.39, 0.29) is 23.2 Å². The molecule has 2 N–H and O–H groups in total. The Balaban J connectivity index is 1.32. The highest BCUT2D eigenvalue weighted by Crippen LogP contribution is 2.33. The predicted molar refractivity (Wildman–Crippen MR) is 118 cm³/mol. The molecule has 8 heteroatoms. The van der Waals surface area contributed by atoms with Gasteiger partial charge >= 0.3 is 0 Å². The molecule has 0 saturated carbocycles. The van der Waals surface area contributed by atoms with Crippen LogP contribution < -0.4 is 15.6 Å². The second-order valence-corrected chi connectivity index (χ2v) is 8.59. The molecule has 166 valence electrons. The normalized spacial score (nSPS) is 24.8. The van der Waals surface area contributed by atoms with Crippen molar-refractivity contribution in [3.8, 4) is 34.0 Å². The number of halogens is 1. The average molecular weight is 436 g/mol. The number of hydrogen-bond donors (Lipinski definition) is 2. The number of benzene rings is 1. The quantitative estimate of drug-likeness (QED) is 0.653. The molecule has 32 heavy (non-hydrogen) atoms. The number of nitrogens with one attached hydrogen (secondary N) is 1. The largest absolute Gasteiger partial charge is 0.507 e. The summed E-state index contributed by atoms with van der Waals surface area (Å²) in [6.07, 6.45) is 3.62. The number of pyridine rings is 1. The zero-order valence-corrected chi connectivity index (χ0v) is 17.7. The molecule has 5 rings (SSSR count). The number of piperidine rings is 2. The summed E-state index contributed by atoms with van der Waals surface area (Å²) in [4.78, 5) is 11.9. The molecule has 2 aliphatic rings. The van der Waals surface area contributed by atoms with Crippen LogP contribution in [-0.4, -0.2) is 44.2 Å². The SMILES string of the molecule is Cn1ccc(-c2ccc(-c3ccc(O[C@H]4C[C@@H]5CCC[C@@H](N5)[C@H]4F)nn3)c(O)c2)cc1=O. The van der Waals surface area contributed by atoms with Crippen LogP contribution in [0, 0.1) is 0 Å². The fourth-order valence-electron chi connectivity index (χ4n) is 4.61. The van der Waals surface area contributed by atoms with E-state index in [0.717, 1.165) is 30.4 Å². The molecule has 7 nitrogen and oxygen atoms in total. The maximum absolute atomic E-state index is 14.7. The van der Waals surface area contributed by atoms with Crippen LogP contribution in [0.1, 0.15) is 25.7 Å². The molecule has 2 bridgehead atoms. The van der Waals surface area contributed by atoms with Gasteiger partial charge in [0.1, 0.15) is 11.9 Å². The smallest absolute Gasteiger partial charge is 0.250 e. The number of fused-ring (bicyclic) bond motifs is 2. The average Bonchev–Trinajstić information content (AvgIpc) is 2.80. The predicted octanol–water partition coefficient (Wildman–Crippen LogP) is 3.21.